The van der Waals surface area contributed by atoms with Gasteiger partial charge in [-0.1, -0.05) is 60.7 Å². The molecule has 0 aliphatic carbocycles. The zero-order valence-electron chi connectivity index (χ0n) is 22.4. The number of benzene rings is 3. The van der Waals surface area contributed by atoms with Gasteiger partial charge in [-0.05, 0) is 30.0 Å². The van der Waals surface area contributed by atoms with Crippen LogP contribution in [0.1, 0.15) is 24.3 Å². The maximum absolute atomic E-state index is 13.3. The molecule has 39 heavy (non-hydrogen) atoms. The summed E-state index contributed by atoms with van der Waals surface area (Å²) < 4.78 is 24.1. The number of alkyl halides is 1. The number of hydrogen-bond donors (Lipinski definition) is 1. The lowest BCUT2D eigenvalue weighted by atomic mass is 9.86. The summed E-state index contributed by atoms with van der Waals surface area (Å²) in [5, 5.41) is 3.97. The molecule has 2 heterocycles. The highest BCUT2D eigenvalue weighted by molar-refractivity contribution is 5.99. The maximum Gasteiger partial charge on any atom is 0.224 e. The van der Waals surface area contributed by atoms with Crippen LogP contribution in [0.25, 0.3) is 22.2 Å². The fraction of sp³-hybridized carbons (Fsp3) is 0.312. The van der Waals surface area contributed by atoms with Gasteiger partial charge in [-0.3, -0.25) is 9.69 Å². The van der Waals surface area contributed by atoms with E-state index < -0.39 is 0 Å². The molecule has 0 unspecified atom stereocenters. The zero-order valence-corrected chi connectivity index (χ0v) is 22.4. The molecule has 4 aromatic rings. The molecule has 1 aliphatic heterocycles. The van der Waals surface area contributed by atoms with Crippen LogP contribution in [0.15, 0.2) is 78.9 Å². The summed E-state index contributed by atoms with van der Waals surface area (Å²) in [6.45, 7) is 1.69. The Kier molecular flexibility index (Phi) is 8.37. The van der Waals surface area contributed by atoms with E-state index in [4.69, 9.17) is 14.5 Å². The van der Waals surface area contributed by atoms with Crippen molar-refractivity contribution < 1.29 is 18.7 Å². The minimum Gasteiger partial charge on any atom is -0.493 e. The van der Waals surface area contributed by atoms with Crippen molar-refractivity contribution in [3.05, 3.63) is 84.4 Å². The molecule has 2 atom stereocenters. The van der Waals surface area contributed by atoms with Crippen molar-refractivity contribution in [2.24, 2.45) is 5.92 Å². The van der Waals surface area contributed by atoms with Crippen molar-refractivity contribution in [3.8, 4) is 22.8 Å². The van der Waals surface area contributed by atoms with Gasteiger partial charge in [0.2, 0.25) is 5.91 Å². The number of aromatic nitrogens is 1. The van der Waals surface area contributed by atoms with Gasteiger partial charge in [-0.15, -0.1) is 0 Å². The standard InChI is InChI=1S/C32H34FN3O3/c1-38-29-18-25-17-28(32(23-11-7-4-8-12-23)35-27(25)19-30(29)39-2)34-31(37)14-13-24-20-36(16-15-33)21-26(24)22-9-5-3-6-10-22/h3-12,17-19,24,26H,13-16,20-21H2,1-2H3,(H,34,37)/t24-,26+/m1/s1. The predicted octanol–water partition coefficient (Wildman–Crippen LogP) is 6.32. The molecular formula is C32H34FN3O3. The van der Waals surface area contributed by atoms with Gasteiger partial charge in [0, 0.05) is 49.0 Å². The number of halogens is 1. The van der Waals surface area contributed by atoms with Gasteiger partial charge in [0.15, 0.2) is 11.5 Å². The Labute approximate surface area is 228 Å². The number of methoxy groups -OCH3 is 2. The number of carbonyl (C=O) groups is 1. The van der Waals surface area contributed by atoms with E-state index in [-0.39, 0.29) is 24.4 Å². The summed E-state index contributed by atoms with van der Waals surface area (Å²) in [5.74, 6) is 1.70. The quantitative estimate of drug-likeness (QED) is 0.261. The highest BCUT2D eigenvalue weighted by Gasteiger charge is 2.33. The number of nitrogens with one attached hydrogen (secondary N) is 1. The number of pyridine rings is 1. The Morgan fingerprint density at radius 3 is 2.36 bits per heavy atom. The van der Waals surface area contributed by atoms with Crippen molar-refractivity contribution in [1.29, 1.82) is 0 Å². The molecule has 1 N–H and O–H groups in total. The van der Waals surface area contributed by atoms with Crippen LogP contribution in [-0.2, 0) is 4.79 Å². The fourth-order valence-electron chi connectivity index (χ4n) is 5.57. The second-order valence-corrected chi connectivity index (χ2v) is 9.96. The van der Waals surface area contributed by atoms with E-state index in [0.29, 0.717) is 35.8 Å². The highest BCUT2D eigenvalue weighted by atomic mass is 19.1. The summed E-state index contributed by atoms with van der Waals surface area (Å²) in [5.41, 5.74) is 4.25. The molecule has 1 saturated heterocycles. The first-order chi connectivity index (χ1) is 19.1. The van der Waals surface area contributed by atoms with Crippen LogP contribution < -0.4 is 14.8 Å². The number of likely N-dealkylation sites (tertiary alicyclic amines) is 1. The third-order valence-corrected chi connectivity index (χ3v) is 7.53. The molecular weight excluding hydrogens is 493 g/mol. The van der Waals surface area contributed by atoms with Crippen molar-refractivity contribution in [2.75, 3.05) is 45.8 Å². The first-order valence-electron chi connectivity index (χ1n) is 13.3. The van der Waals surface area contributed by atoms with Crippen LogP contribution in [0.2, 0.25) is 0 Å². The number of nitrogens with zero attached hydrogens (tertiary/aromatic N) is 2. The summed E-state index contributed by atoms with van der Waals surface area (Å²) in [6, 6.07) is 25.8. The minimum atomic E-state index is -0.359. The van der Waals surface area contributed by atoms with Gasteiger partial charge in [-0.25, -0.2) is 9.37 Å². The van der Waals surface area contributed by atoms with E-state index in [1.807, 2.05) is 66.7 Å². The van der Waals surface area contributed by atoms with E-state index in [2.05, 4.69) is 22.3 Å². The number of rotatable bonds is 10. The lowest BCUT2D eigenvalue weighted by Gasteiger charge is -2.19. The topological polar surface area (TPSA) is 63.7 Å². The number of fused-ring (bicyclic) bond motifs is 1. The molecule has 202 valence electrons. The molecule has 0 saturated carbocycles. The fourth-order valence-corrected chi connectivity index (χ4v) is 5.57. The number of anilines is 1. The molecule has 0 bridgehead atoms. The van der Waals surface area contributed by atoms with Crippen molar-refractivity contribution in [2.45, 2.75) is 18.8 Å². The van der Waals surface area contributed by atoms with Crippen molar-refractivity contribution >= 4 is 22.5 Å². The number of ether oxygens (including phenoxy) is 2. The molecule has 6 nitrogen and oxygen atoms in total. The lowest BCUT2D eigenvalue weighted by molar-refractivity contribution is -0.116. The van der Waals surface area contributed by atoms with Crippen LogP contribution in [0.4, 0.5) is 10.1 Å². The Hall–Kier alpha value is -3.97. The number of amides is 1. The average Bonchev–Trinajstić information content (AvgIpc) is 3.38. The Bertz CT molecular complexity index is 1410. The van der Waals surface area contributed by atoms with Crippen LogP contribution >= 0.6 is 0 Å². The van der Waals surface area contributed by atoms with Crippen LogP contribution in [0, 0.1) is 5.92 Å². The summed E-state index contributed by atoms with van der Waals surface area (Å²) >= 11 is 0. The van der Waals surface area contributed by atoms with Gasteiger partial charge in [-0.2, -0.15) is 0 Å². The number of carbonyl (C=O) groups excluding carboxylic acids is 1. The van der Waals surface area contributed by atoms with E-state index in [1.165, 1.54) is 5.56 Å². The SMILES string of the molecule is COc1cc2cc(NC(=O)CC[C@@H]3CN(CCF)C[C@H]3c3ccccc3)c(-c3ccccc3)nc2cc1OC. The molecule has 1 aliphatic rings. The third kappa shape index (κ3) is 6.04. The summed E-state index contributed by atoms with van der Waals surface area (Å²) in [4.78, 5) is 20.4. The molecule has 7 heteroatoms. The lowest BCUT2D eigenvalue weighted by Crippen LogP contribution is -2.23. The second-order valence-electron chi connectivity index (χ2n) is 9.96. The molecule has 5 rings (SSSR count). The monoisotopic (exact) mass is 527 g/mol. The Morgan fingerprint density at radius 2 is 1.67 bits per heavy atom. The Balaban J connectivity index is 1.38. The van der Waals surface area contributed by atoms with Gasteiger partial charge in [0.25, 0.3) is 0 Å². The van der Waals surface area contributed by atoms with Gasteiger partial charge in [0.05, 0.1) is 31.1 Å². The van der Waals surface area contributed by atoms with Crippen LogP contribution in [0.5, 0.6) is 11.5 Å². The molecule has 0 radical (unpaired) electrons. The smallest absolute Gasteiger partial charge is 0.224 e. The predicted molar refractivity (Wildman–Crippen MR) is 153 cm³/mol. The van der Waals surface area contributed by atoms with E-state index in [9.17, 15) is 9.18 Å². The maximum atomic E-state index is 13.3. The Morgan fingerprint density at radius 1 is 0.974 bits per heavy atom. The van der Waals surface area contributed by atoms with E-state index in [0.717, 1.165) is 36.0 Å². The van der Waals surface area contributed by atoms with Gasteiger partial charge in [0.1, 0.15) is 6.67 Å². The molecule has 3 aromatic carbocycles. The second kappa shape index (κ2) is 12.3. The average molecular weight is 528 g/mol. The van der Waals surface area contributed by atoms with Crippen molar-refractivity contribution in [3.63, 3.8) is 0 Å². The van der Waals surface area contributed by atoms with Gasteiger partial charge >= 0.3 is 0 Å². The molecule has 1 amide bonds. The van der Waals surface area contributed by atoms with Crippen LogP contribution in [-0.4, -0.2) is 56.3 Å². The van der Waals surface area contributed by atoms with Crippen molar-refractivity contribution in [1.82, 2.24) is 9.88 Å². The molecule has 0 spiro atoms. The van der Waals surface area contributed by atoms with Crippen LogP contribution in [0.3, 0.4) is 0 Å². The summed E-state index contributed by atoms with van der Waals surface area (Å²) in [7, 11) is 3.19. The third-order valence-electron chi connectivity index (χ3n) is 7.53. The zero-order chi connectivity index (χ0) is 27.2. The summed E-state index contributed by atoms with van der Waals surface area (Å²) in [6.07, 6.45) is 1.09. The van der Waals surface area contributed by atoms with Gasteiger partial charge < -0.3 is 14.8 Å². The largest absolute Gasteiger partial charge is 0.493 e. The first kappa shape index (κ1) is 26.6. The normalized spacial score (nSPS) is 17.3. The minimum absolute atomic E-state index is 0.0652. The molecule has 1 fully saturated rings. The molecule has 1 aromatic heterocycles. The first-order valence-corrected chi connectivity index (χ1v) is 13.3. The van der Waals surface area contributed by atoms with E-state index in [1.54, 1.807) is 14.2 Å². The van der Waals surface area contributed by atoms with E-state index >= 15 is 0 Å². The highest BCUT2D eigenvalue weighted by Crippen LogP contribution is 2.37. The number of hydrogen-bond acceptors (Lipinski definition) is 5.